The first-order valence-corrected chi connectivity index (χ1v) is 12.7. The van der Waals surface area contributed by atoms with E-state index in [1.54, 1.807) is 97.3 Å². The molecule has 37 heavy (non-hydrogen) atoms. The van der Waals surface area contributed by atoms with E-state index in [9.17, 15) is 14.4 Å². The quantitative estimate of drug-likeness (QED) is 0.155. The van der Waals surface area contributed by atoms with Gasteiger partial charge in [-0.15, -0.1) is 11.8 Å². The molecule has 4 aromatic rings. The summed E-state index contributed by atoms with van der Waals surface area (Å²) >= 11 is 7.47. The maximum atomic E-state index is 13.2. The minimum atomic E-state index is -0.498. The summed E-state index contributed by atoms with van der Waals surface area (Å²) in [7, 11) is 0. The van der Waals surface area contributed by atoms with E-state index in [-0.39, 0.29) is 17.2 Å². The number of Topliss-reactive ketones (excluding diaryl/α,β-unsaturated/α-hetero) is 1. The Kier molecular flexibility index (Phi) is 8.86. The molecule has 0 saturated heterocycles. The maximum absolute atomic E-state index is 13.2. The molecule has 4 rings (SSSR count). The van der Waals surface area contributed by atoms with Gasteiger partial charge in [0.25, 0.3) is 11.8 Å². The number of hydrogen-bond donors (Lipinski definition) is 2. The van der Waals surface area contributed by atoms with Gasteiger partial charge in [0.1, 0.15) is 5.70 Å². The van der Waals surface area contributed by atoms with Crippen molar-refractivity contribution in [2.75, 3.05) is 11.1 Å². The summed E-state index contributed by atoms with van der Waals surface area (Å²) < 4.78 is 0. The Hall–Kier alpha value is -4.20. The average molecular weight is 528 g/mol. The first-order chi connectivity index (χ1) is 18.0. The van der Waals surface area contributed by atoms with Crippen LogP contribution < -0.4 is 10.6 Å². The van der Waals surface area contributed by atoms with Crippen molar-refractivity contribution in [3.63, 3.8) is 0 Å². The standard InChI is InChI=1S/C29H22ClN3O3S/c30-25-14-5-4-13-24(25)27(34)19-37-23-12-6-11-22(17-23)32-29(36)26(16-20-8-7-15-31-18-20)33-28(35)21-9-2-1-3-10-21/h1-18H,19H2,(H,32,36)(H,33,35)/b26-16-. The fourth-order valence-electron chi connectivity index (χ4n) is 3.35. The van der Waals surface area contributed by atoms with Crippen molar-refractivity contribution in [1.82, 2.24) is 10.3 Å². The molecule has 184 valence electrons. The van der Waals surface area contributed by atoms with E-state index in [1.807, 2.05) is 12.1 Å². The Labute approximate surface area is 223 Å². The third-order valence-electron chi connectivity index (χ3n) is 5.16. The number of carbonyl (C=O) groups excluding carboxylic acids is 3. The molecular weight excluding hydrogens is 506 g/mol. The lowest BCUT2D eigenvalue weighted by molar-refractivity contribution is -0.113. The van der Waals surface area contributed by atoms with Crippen molar-refractivity contribution in [3.8, 4) is 0 Å². The highest BCUT2D eigenvalue weighted by atomic mass is 35.5. The number of aromatic nitrogens is 1. The molecule has 3 aromatic carbocycles. The lowest BCUT2D eigenvalue weighted by atomic mass is 10.1. The SMILES string of the molecule is O=C(Nc1cccc(SCC(=O)c2ccccc2Cl)c1)/C(=C/c1cccnc1)NC(=O)c1ccccc1. The van der Waals surface area contributed by atoms with Crippen LogP contribution in [0.2, 0.25) is 5.02 Å². The van der Waals surface area contributed by atoms with E-state index in [4.69, 9.17) is 11.6 Å². The number of carbonyl (C=O) groups is 3. The zero-order chi connectivity index (χ0) is 26.0. The molecule has 0 radical (unpaired) electrons. The molecule has 0 bridgehead atoms. The molecule has 0 saturated carbocycles. The topological polar surface area (TPSA) is 88.2 Å². The first kappa shape index (κ1) is 25.9. The monoisotopic (exact) mass is 527 g/mol. The van der Waals surface area contributed by atoms with Gasteiger partial charge in [0.2, 0.25) is 0 Å². The van der Waals surface area contributed by atoms with E-state index in [0.29, 0.717) is 27.4 Å². The number of pyridine rings is 1. The van der Waals surface area contributed by atoms with E-state index < -0.39 is 11.8 Å². The normalized spacial score (nSPS) is 11.0. The summed E-state index contributed by atoms with van der Waals surface area (Å²) in [6.45, 7) is 0. The van der Waals surface area contributed by atoms with Crippen LogP contribution in [-0.4, -0.2) is 28.3 Å². The Bertz CT molecular complexity index is 1440. The molecule has 0 fully saturated rings. The molecular formula is C29H22ClN3O3S. The second-order valence-corrected chi connectivity index (χ2v) is 9.29. The fraction of sp³-hybridized carbons (Fsp3) is 0.0345. The van der Waals surface area contributed by atoms with E-state index in [1.165, 1.54) is 11.8 Å². The minimum Gasteiger partial charge on any atom is -0.321 e. The maximum Gasteiger partial charge on any atom is 0.272 e. The van der Waals surface area contributed by atoms with Crippen LogP contribution in [0.15, 0.2) is 114 Å². The van der Waals surface area contributed by atoms with Crippen molar-refractivity contribution in [1.29, 1.82) is 0 Å². The molecule has 1 heterocycles. The Morgan fingerprint density at radius 2 is 1.68 bits per heavy atom. The summed E-state index contributed by atoms with van der Waals surface area (Å²) in [6.07, 6.45) is 4.78. The highest BCUT2D eigenvalue weighted by molar-refractivity contribution is 8.00. The molecule has 6 nitrogen and oxygen atoms in total. The zero-order valence-electron chi connectivity index (χ0n) is 19.6. The van der Waals surface area contributed by atoms with Gasteiger partial charge in [-0.3, -0.25) is 19.4 Å². The first-order valence-electron chi connectivity index (χ1n) is 11.3. The molecule has 0 atom stereocenters. The number of rotatable bonds is 9. The van der Waals surface area contributed by atoms with E-state index in [2.05, 4.69) is 15.6 Å². The molecule has 0 aliphatic carbocycles. The van der Waals surface area contributed by atoms with Gasteiger partial charge in [0.05, 0.1) is 10.8 Å². The van der Waals surface area contributed by atoms with Gasteiger partial charge in [-0.05, 0) is 60.2 Å². The van der Waals surface area contributed by atoms with Gasteiger partial charge in [0.15, 0.2) is 5.78 Å². The van der Waals surface area contributed by atoms with Crippen molar-refractivity contribution in [3.05, 3.63) is 131 Å². The number of nitrogens with one attached hydrogen (secondary N) is 2. The van der Waals surface area contributed by atoms with Gasteiger partial charge < -0.3 is 10.6 Å². The number of anilines is 1. The highest BCUT2D eigenvalue weighted by Crippen LogP contribution is 2.25. The second kappa shape index (κ2) is 12.7. The highest BCUT2D eigenvalue weighted by Gasteiger charge is 2.16. The number of nitrogens with zero attached hydrogens (tertiary/aromatic N) is 1. The fourth-order valence-corrected chi connectivity index (χ4v) is 4.43. The third kappa shape index (κ3) is 7.39. The summed E-state index contributed by atoms with van der Waals surface area (Å²) in [6, 6.07) is 26.2. The zero-order valence-corrected chi connectivity index (χ0v) is 21.1. The van der Waals surface area contributed by atoms with Crippen LogP contribution in [0.25, 0.3) is 6.08 Å². The predicted octanol–water partition coefficient (Wildman–Crippen LogP) is 6.12. The number of halogens is 1. The molecule has 0 aliphatic heterocycles. The lowest BCUT2D eigenvalue weighted by Crippen LogP contribution is -2.30. The second-order valence-electron chi connectivity index (χ2n) is 7.84. The van der Waals surface area contributed by atoms with Gasteiger partial charge in [-0.1, -0.05) is 54.1 Å². The number of amides is 2. The third-order valence-corrected chi connectivity index (χ3v) is 6.48. The smallest absolute Gasteiger partial charge is 0.272 e. The molecule has 8 heteroatoms. The Balaban J connectivity index is 1.48. The molecule has 0 spiro atoms. The van der Waals surface area contributed by atoms with Crippen LogP contribution in [0.5, 0.6) is 0 Å². The van der Waals surface area contributed by atoms with E-state index >= 15 is 0 Å². The van der Waals surface area contributed by atoms with Crippen LogP contribution >= 0.6 is 23.4 Å². The number of benzene rings is 3. The summed E-state index contributed by atoms with van der Waals surface area (Å²) in [5.74, 6) is -0.800. The Morgan fingerprint density at radius 1 is 0.892 bits per heavy atom. The Morgan fingerprint density at radius 3 is 2.43 bits per heavy atom. The molecule has 0 aliphatic rings. The van der Waals surface area contributed by atoms with Gasteiger partial charge >= 0.3 is 0 Å². The molecule has 2 N–H and O–H groups in total. The largest absolute Gasteiger partial charge is 0.321 e. The van der Waals surface area contributed by atoms with Gasteiger partial charge in [0, 0.05) is 34.1 Å². The van der Waals surface area contributed by atoms with Crippen LogP contribution in [0.3, 0.4) is 0 Å². The van der Waals surface area contributed by atoms with Crippen molar-refractivity contribution in [2.24, 2.45) is 0 Å². The average Bonchev–Trinajstić information content (AvgIpc) is 2.93. The van der Waals surface area contributed by atoms with Crippen LogP contribution in [0.1, 0.15) is 26.3 Å². The van der Waals surface area contributed by atoms with Crippen molar-refractivity contribution < 1.29 is 14.4 Å². The van der Waals surface area contributed by atoms with Gasteiger partial charge in [-0.2, -0.15) is 0 Å². The van der Waals surface area contributed by atoms with Crippen LogP contribution in [0.4, 0.5) is 5.69 Å². The van der Waals surface area contributed by atoms with Crippen LogP contribution in [0, 0.1) is 0 Å². The van der Waals surface area contributed by atoms with Gasteiger partial charge in [-0.25, -0.2) is 0 Å². The van der Waals surface area contributed by atoms with E-state index in [0.717, 1.165) is 4.90 Å². The predicted molar refractivity (Wildman–Crippen MR) is 148 cm³/mol. The minimum absolute atomic E-state index is 0.0637. The lowest BCUT2D eigenvalue weighted by Gasteiger charge is -2.12. The van der Waals surface area contributed by atoms with Crippen LogP contribution in [-0.2, 0) is 4.79 Å². The summed E-state index contributed by atoms with van der Waals surface area (Å²) in [5.41, 5.74) is 2.14. The van der Waals surface area contributed by atoms with Crippen molar-refractivity contribution >= 4 is 52.7 Å². The molecule has 2 amide bonds. The summed E-state index contributed by atoms with van der Waals surface area (Å²) in [5, 5.41) is 5.94. The summed E-state index contributed by atoms with van der Waals surface area (Å²) in [4.78, 5) is 43.4. The number of ketones is 1. The van der Waals surface area contributed by atoms with Crippen molar-refractivity contribution in [2.45, 2.75) is 4.90 Å². The number of thioether (sulfide) groups is 1. The molecule has 0 unspecified atom stereocenters. The molecule has 1 aromatic heterocycles. The number of hydrogen-bond acceptors (Lipinski definition) is 5.